The van der Waals surface area contributed by atoms with E-state index < -0.39 is 6.23 Å². The van der Waals surface area contributed by atoms with E-state index in [1.54, 1.807) is 13.2 Å². The van der Waals surface area contributed by atoms with Crippen molar-refractivity contribution in [2.45, 2.75) is 18.2 Å². The number of hydrazine groups is 1. The van der Waals surface area contributed by atoms with Gasteiger partial charge in [-0.05, 0) is 23.8 Å². The number of hydrogen-bond donors (Lipinski definition) is 3. The van der Waals surface area contributed by atoms with E-state index in [1.807, 2.05) is 36.4 Å². The minimum Gasteiger partial charge on any atom is -0.496 e. The molecule has 8 heteroatoms. The van der Waals surface area contributed by atoms with Crippen molar-refractivity contribution < 1.29 is 9.47 Å². The minimum absolute atomic E-state index is 0.115. The van der Waals surface area contributed by atoms with Gasteiger partial charge in [-0.1, -0.05) is 47.5 Å². The first-order chi connectivity index (χ1) is 13.5. The molecule has 0 aromatic heterocycles. The van der Waals surface area contributed by atoms with Crippen LogP contribution in [0.2, 0.25) is 10.0 Å². The second-order valence-corrected chi connectivity index (χ2v) is 7.48. The average Bonchev–Trinajstić information content (AvgIpc) is 3.12. The molecule has 2 aromatic rings. The third-order valence-electron chi connectivity index (χ3n) is 5.23. The maximum absolute atomic E-state index is 9.83. The highest BCUT2D eigenvalue weighted by molar-refractivity contribution is 6.42. The smallest absolute Gasteiger partial charge is 0.200 e. The number of allylic oxidation sites excluding steroid dienone is 1. The molecule has 2 heterocycles. The van der Waals surface area contributed by atoms with Crippen LogP contribution in [0.4, 0.5) is 0 Å². The number of halogens is 2. The van der Waals surface area contributed by atoms with Crippen LogP contribution in [0.1, 0.15) is 23.1 Å². The van der Waals surface area contributed by atoms with Crippen LogP contribution in [-0.2, 0) is 4.74 Å². The molecule has 144 valence electrons. The summed E-state index contributed by atoms with van der Waals surface area (Å²) in [5.74, 6) is 0.301. The van der Waals surface area contributed by atoms with Crippen LogP contribution in [0.15, 0.2) is 53.9 Å². The van der Waals surface area contributed by atoms with Crippen LogP contribution in [-0.4, -0.2) is 13.3 Å². The molecule has 0 saturated carbocycles. The molecular weight excluding hydrogens is 399 g/mol. The molecular formula is C20H18Cl2N4O2. The summed E-state index contributed by atoms with van der Waals surface area (Å²) < 4.78 is 11.4. The molecule has 0 bridgehead atoms. The van der Waals surface area contributed by atoms with E-state index in [2.05, 4.69) is 16.9 Å². The topological polar surface area (TPSA) is 92.3 Å². The van der Waals surface area contributed by atoms with Crippen molar-refractivity contribution in [3.05, 3.63) is 75.1 Å². The van der Waals surface area contributed by atoms with Gasteiger partial charge in [0.05, 0.1) is 28.8 Å². The molecule has 0 aliphatic carbocycles. The first-order valence-corrected chi connectivity index (χ1v) is 9.46. The van der Waals surface area contributed by atoms with Gasteiger partial charge in [-0.25, -0.2) is 10.9 Å². The highest BCUT2D eigenvalue weighted by atomic mass is 35.5. The molecule has 4 atom stereocenters. The molecule has 0 radical (unpaired) electrons. The number of para-hydroxylation sites is 1. The lowest BCUT2D eigenvalue weighted by molar-refractivity contribution is 0.0337. The molecule has 4 N–H and O–H groups in total. The number of hydrogen-bond acceptors (Lipinski definition) is 6. The lowest BCUT2D eigenvalue weighted by Crippen LogP contribution is -2.41. The third-order valence-corrected chi connectivity index (χ3v) is 5.97. The van der Waals surface area contributed by atoms with Gasteiger partial charge >= 0.3 is 0 Å². The fourth-order valence-electron chi connectivity index (χ4n) is 3.98. The van der Waals surface area contributed by atoms with Gasteiger partial charge in [0, 0.05) is 17.4 Å². The van der Waals surface area contributed by atoms with E-state index in [4.69, 9.17) is 38.4 Å². The predicted octanol–water partition coefficient (Wildman–Crippen LogP) is 3.60. The zero-order chi connectivity index (χ0) is 19.8. The summed E-state index contributed by atoms with van der Waals surface area (Å²) in [6, 6.07) is 15.1. The van der Waals surface area contributed by atoms with Gasteiger partial charge in [-0.15, -0.1) is 0 Å². The minimum atomic E-state index is -0.425. The van der Waals surface area contributed by atoms with Gasteiger partial charge in [0.2, 0.25) is 5.88 Å². The van der Waals surface area contributed by atoms with Gasteiger partial charge in [-0.2, -0.15) is 5.26 Å². The first-order valence-electron chi connectivity index (χ1n) is 8.70. The zero-order valence-corrected chi connectivity index (χ0v) is 16.5. The standard InChI is InChI=1S/C20H18Cl2N4O2/c1-27-15-5-3-2-4-11(15)16-12(9-23)19(24)28-20-17(16)18(25-26-20)10-6-7-13(21)14(22)8-10/h2-8,16-18,20,25-26H,24H2,1H3. The van der Waals surface area contributed by atoms with E-state index >= 15 is 0 Å². The fourth-order valence-corrected chi connectivity index (χ4v) is 4.29. The number of nitrogens with one attached hydrogen (secondary N) is 2. The monoisotopic (exact) mass is 416 g/mol. The third kappa shape index (κ3) is 3.07. The maximum atomic E-state index is 9.83. The second-order valence-electron chi connectivity index (χ2n) is 6.67. The Bertz CT molecular complexity index is 988. The van der Waals surface area contributed by atoms with Crippen LogP contribution in [0, 0.1) is 17.2 Å². The first kappa shape index (κ1) is 18.9. The summed E-state index contributed by atoms with van der Waals surface area (Å²) in [7, 11) is 1.61. The summed E-state index contributed by atoms with van der Waals surface area (Å²) in [6.45, 7) is 0. The Morgan fingerprint density at radius 1 is 1.14 bits per heavy atom. The molecule has 28 heavy (non-hydrogen) atoms. The molecule has 4 unspecified atom stereocenters. The Morgan fingerprint density at radius 2 is 1.93 bits per heavy atom. The molecule has 1 saturated heterocycles. The van der Waals surface area contributed by atoms with Crippen LogP contribution in [0.25, 0.3) is 0 Å². The molecule has 4 rings (SSSR count). The summed E-state index contributed by atoms with van der Waals surface area (Å²) in [6.07, 6.45) is -0.425. The van der Waals surface area contributed by atoms with E-state index in [9.17, 15) is 5.26 Å². The number of rotatable bonds is 3. The Labute approximate surface area is 172 Å². The Kier molecular flexibility index (Phi) is 5.09. The van der Waals surface area contributed by atoms with Crippen LogP contribution < -0.4 is 21.3 Å². The van der Waals surface area contributed by atoms with Crippen molar-refractivity contribution in [3.8, 4) is 11.8 Å². The van der Waals surface area contributed by atoms with Crippen molar-refractivity contribution in [3.63, 3.8) is 0 Å². The average molecular weight is 417 g/mol. The number of nitrogens with two attached hydrogens (primary N) is 1. The SMILES string of the molecule is COc1ccccc1C1C(C#N)=C(N)OC2NNC(c3ccc(Cl)c(Cl)c3)C21. The normalized spacial score (nSPS) is 26.4. The van der Waals surface area contributed by atoms with Crippen LogP contribution in [0.3, 0.4) is 0 Å². The Hall–Kier alpha value is -2.43. The fraction of sp³-hybridized carbons (Fsp3) is 0.250. The van der Waals surface area contributed by atoms with Gasteiger partial charge < -0.3 is 15.2 Å². The van der Waals surface area contributed by atoms with Crippen molar-refractivity contribution >= 4 is 23.2 Å². The number of nitrogens with zero attached hydrogens (tertiary/aromatic N) is 1. The van der Waals surface area contributed by atoms with Crippen molar-refractivity contribution in [2.24, 2.45) is 11.7 Å². The van der Waals surface area contributed by atoms with Gasteiger partial charge in [0.1, 0.15) is 11.8 Å². The maximum Gasteiger partial charge on any atom is 0.200 e. The van der Waals surface area contributed by atoms with Gasteiger partial charge in [0.15, 0.2) is 6.23 Å². The lowest BCUT2D eigenvalue weighted by Gasteiger charge is -2.36. The summed E-state index contributed by atoms with van der Waals surface area (Å²) >= 11 is 12.3. The molecule has 0 spiro atoms. The van der Waals surface area contributed by atoms with E-state index in [-0.39, 0.29) is 23.8 Å². The van der Waals surface area contributed by atoms with Crippen molar-refractivity contribution in [2.75, 3.05) is 7.11 Å². The number of fused-ring (bicyclic) bond motifs is 1. The number of benzene rings is 2. The second kappa shape index (κ2) is 7.53. The zero-order valence-electron chi connectivity index (χ0n) is 14.9. The van der Waals surface area contributed by atoms with E-state index in [1.165, 1.54) is 0 Å². The number of nitriles is 1. The summed E-state index contributed by atoms with van der Waals surface area (Å²) in [5.41, 5.74) is 14.7. The van der Waals surface area contributed by atoms with Crippen molar-refractivity contribution in [1.82, 2.24) is 10.9 Å². The van der Waals surface area contributed by atoms with E-state index in [0.717, 1.165) is 11.1 Å². The highest BCUT2D eigenvalue weighted by Gasteiger charge is 2.49. The van der Waals surface area contributed by atoms with Gasteiger partial charge in [0.25, 0.3) is 0 Å². The van der Waals surface area contributed by atoms with Crippen LogP contribution >= 0.6 is 23.2 Å². The molecule has 0 amide bonds. The molecule has 1 fully saturated rings. The van der Waals surface area contributed by atoms with Crippen LogP contribution in [0.5, 0.6) is 5.75 Å². The molecule has 6 nitrogen and oxygen atoms in total. The summed E-state index contributed by atoms with van der Waals surface area (Å²) in [5, 5.41) is 10.8. The molecule has 2 aliphatic rings. The summed E-state index contributed by atoms with van der Waals surface area (Å²) in [4.78, 5) is 0. The van der Waals surface area contributed by atoms with E-state index in [0.29, 0.717) is 21.4 Å². The molecule has 2 aromatic carbocycles. The Balaban J connectivity index is 1.85. The lowest BCUT2D eigenvalue weighted by atomic mass is 9.74. The quantitative estimate of drug-likeness (QED) is 0.707. The van der Waals surface area contributed by atoms with Crippen molar-refractivity contribution in [1.29, 1.82) is 5.26 Å². The van der Waals surface area contributed by atoms with Gasteiger partial charge in [-0.3, -0.25) is 0 Å². The number of methoxy groups -OCH3 is 1. The molecule has 2 aliphatic heterocycles. The predicted molar refractivity (Wildman–Crippen MR) is 106 cm³/mol. The highest BCUT2D eigenvalue weighted by Crippen LogP contribution is 2.49. The Morgan fingerprint density at radius 3 is 2.64 bits per heavy atom. The number of ether oxygens (including phenoxy) is 2. The largest absolute Gasteiger partial charge is 0.496 e.